The molecular formula is C13H13NO5. The fourth-order valence-corrected chi connectivity index (χ4v) is 1.91. The second kappa shape index (κ2) is 5.09. The minimum Gasteiger partial charge on any atom is -0.468 e. The number of Topliss-reactive ketones (excluding diaryl/α,β-unsaturated/α-hetero) is 1. The first-order valence-electron chi connectivity index (χ1n) is 5.81. The average Bonchev–Trinajstić information content (AvgIpc) is 2.77. The summed E-state index contributed by atoms with van der Waals surface area (Å²) in [5, 5.41) is 0. The van der Waals surface area contributed by atoms with E-state index in [0.29, 0.717) is 23.1 Å². The van der Waals surface area contributed by atoms with Crippen molar-refractivity contribution in [1.29, 1.82) is 0 Å². The number of ketones is 1. The molecule has 0 aliphatic carbocycles. The van der Waals surface area contributed by atoms with E-state index in [1.807, 2.05) is 0 Å². The van der Waals surface area contributed by atoms with Crippen molar-refractivity contribution in [3.8, 4) is 0 Å². The van der Waals surface area contributed by atoms with Gasteiger partial charge in [0, 0.05) is 5.56 Å². The second-order valence-corrected chi connectivity index (χ2v) is 4.07. The molecule has 0 amide bonds. The van der Waals surface area contributed by atoms with E-state index < -0.39 is 17.6 Å². The molecule has 1 heterocycles. The van der Waals surface area contributed by atoms with E-state index in [0.717, 1.165) is 0 Å². The normalized spacial score (nSPS) is 12.3. The zero-order valence-corrected chi connectivity index (χ0v) is 10.6. The highest BCUT2D eigenvalue weighted by Crippen LogP contribution is 2.18. The van der Waals surface area contributed by atoms with Crippen LogP contribution in [0, 0.1) is 5.92 Å². The molecule has 0 bridgehead atoms. The summed E-state index contributed by atoms with van der Waals surface area (Å²) in [5.41, 5.74) is 1.13. The van der Waals surface area contributed by atoms with Crippen LogP contribution in [-0.4, -0.2) is 23.8 Å². The summed E-state index contributed by atoms with van der Waals surface area (Å²) in [5.74, 6) is -2.31. The Morgan fingerprint density at radius 3 is 2.79 bits per heavy atom. The Bertz CT molecular complexity index is 682. The van der Waals surface area contributed by atoms with E-state index in [1.165, 1.54) is 25.3 Å². The van der Waals surface area contributed by atoms with Gasteiger partial charge in [0.25, 0.3) is 0 Å². The van der Waals surface area contributed by atoms with Crippen LogP contribution < -0.4 is 5.76 Å². The number of aromatic nitrogens is 1. The smallest absolute Gasteiger partial charge is 0.417 e. The van der Waals surface area contributed by atoms with E-state index in [1.54, 1.807) is 6.92 Å². The van der Waals surface area contributed by atoms with Crippen molar-refractivity contribution in [3.05, 3.63) is 34.3 Å². The lowest BCUT2D eigenvalue weighted by Gasteiger charge is -2.10. The van der Waals surface area contributed by atoms with Gasteiger partial charge in [-0.25, -0.2) is 4.79 Å². The molecule has 2 aromatic rings. The largest absolute Gasteiger partial charge is 0.468 e. The first-order chi connectivity index (χ1) is 9.06. The van der Waals surface area contributed by atoms with Gasteiger partial charge in [0.2, 0.25) is 0 Å². The van der Waals surface area contributed by atoms with Gasteiger partial charge >= 0.3 is 11.7 Å². The predicted octanol–water partition coefficient (Wildman–Crippen LogP) is 1.50. The number of rotatable bonds is 4. The summed E-state index contributed by atoms with van der Waals surface area (Å²) in [6.45, 7) is 1.73. The lowest BCUT2D eigenvalue weighted by Crippen LogP contribution is -2.24. The third kappa shape index (κ3) is 2.42. The fraction of sp³-hybridized carbons (Fsp3) is 0.308. The lowest BCUT2D eigenvalue weighted by molar-refractivity contribution is -0.143. The average molecular weight is 263 g/mol. The summed E-state index contributed by atoms with van der Waals surface area (Å²) in [6.07, 6.45) is 0.353. The molecular weight excluding hydrogens is 250 g/mol. The molecule has 0 spiro atoms. The van der Waals surface area contributed by atoms with Gasteiger partial charge in [0.05, 0.1) is 12.6 Å². The summed E-state index contributed by atoms with van der Waals surface area (Å²) >= 11 is 0. The minimum absolute atomic E-state index is 0.335. The van der Waals surface area contributed by atoms with Gasteiger partial charge in [-0.15, -0.1) is 0 Å². The van der Waals surface area contributed by atoms with E-state index in [9.17, 15) is 14.4 Å². The number of carbonyl (C=O) groups excluding carboxylic acids is 2. The highest BCUT2D eigenvalue weighted by molar-refractivity contribution is 6.09. The zero-order chi connectivity index (χ0) is 14.0. The first kappa shape index (κ1) is 13.1. The molecule has 6 heteroatoms. The van der Waals surface area contributed by atoms with Gasteiger partial charge in [-0.1, -0.05) is 6.92 Å². The number of methoxy groups -OCH3 is 1. The zero-order valence-electron chi connectivity index (χ0n) is 10.6. The molecule has 1 aromatic carbocycles. The number of hydrogen-bond acceptors (Lipinski definition) is 5. The molecule has 1 aromatic heterocycles. The van der Waals surface area contributed by atoms with E-state index in [2.05, 4.69) is 9.72 Å². The molecule has 0 saturated carbocycles. The molecule has 6 nitrogen and oxygen atoms in total. The molecule has 0 radical (unpaired) electrons. The van der Waals surface area contributed by atoms with Crippen LogP contribution in [0.4, 0.5) is 0 Å². The van der Waals surface area contributed by atoms with Crippen LogP contribution in [-0.2, 0) is 9.53 Å². The van der Waals surface area contributed by atoms with Gasteiger partial charge in [-0.3, -0.25) is 14.6 Å². The number of fused-ring (bicyclic) bond motifs is 1. The van der Waals surface area contributed by atoms with Gasteiger partial charge < -0.3 is 9.15 Å². The van der Waals surface area contributed by atoms with Crippen molar-refractivity contribution < 1.29 is 18.7 Å². The Morgan fingerprint density at radius 2 is 2.16 bits per heavy atom. The van der Waals surface area contributed by atoms with E-state index in [4.69, 9.17) is 4.42 Å². The number of nitrogens with one attached hydrogen (secondary N) is 1. The number of benzene rings is 1. The van der Waals surface area contributed by atoms with Crippen LogP contribution in [0.25, 0.3) is 11.1 Å². The maximum Gasteiger partial charge on any atom is 0.417 e. The maximum absolute atomic E-state index is 12.2. The van der Waals surface area contributed by atoms with Gasteiger partial charge in [0.1, 0.15) is 5.92 Å². The predicted molar refractivity (Wildman–Crippen MR) is 67.0 cm³/mol. The Labute approximate surface area is 108 Å². The van der Waals surface area contributed by atoms with Crippen LogP contribution in [0.1, 0.15) is 23.7 Å². The number of oxazole rings is 1. The number of H-pyrrole nitrogens is 1. The molecule has 0 aliphatic rings. The Kier molecular flexibility index (Phi) is 3.50. The highest BCUT2D eigenvalue weighted by atomic mass is 16.5. The molecule has 0 saturated heterocycles. The van der Waals surface area contributed by atoms with Crippen molar-refractivity contribution >= 4 is 22.9 Å². The second-order valence-electron chi connectivity index (χ2n) is 4.07. The number of esters is 1. The Hall–Kier alpha value is -2.37. The molecule has 19 heavy (non-hydrogen) atoms. The number of carbonyl (C=O) groups is 2. The van der Waals surface area contributed by atoms with Gasteiger partial charge in [-0.05, 0) is 24.6 Å². The summed E-state index contributed by atoms with van der Waals surface area (Å²) in [4.78, 5) is 37.2. The van der Waals surface area contributed by atoms with Crippen LogP contribution in [0.15, 0.2) is 27.4 Å². The monoisotopic (exact) mass is 263 g/mol. The summed E-state index contributed by atoms with van der Waals surface area (Å²) < 4.78 is 9.45. The minimum atomic E-state index is -0.832. The first-order valence-corrected chi connectivity index (χ1v) is 5.81. The Balaban J connectivity index is 2.39. The van der Waals surface area contributed by atoms with Gasteiger partial charge in [0.15, 0.2) is 11.4 Å². The van der Waals surface area contributed by atoms with Gasteiger partial charge in [-0.2, -0.15) is 0 Å². The van der Waals surface area contributed by atoms with E-state index >= 15 is 0 Å². The van der Waals surface area contributed by atoms with Crippen molar-refractivity contribution in [2.45, 2.75) is 13.3 Å². The topological polar surface area (TPSA) is 89.4 Å². The van der Waals surface area contributed by atoms with Crippen LogP contribution in [0.2, 0.25) is 0 Å². The molecule has 2 rings (SSSR count). The van der Waals surface area contributed by atoms with Crippen molar-refractivity contribution in [3.63, 3.8) is 0 Å². The quantitative estimate of drug-likeness (QED) is 0.513. The SMILES string of the molecule is CCC(C(=O)OC)C(=O)c1ccc2oc(=O)[nH]c2c1. The summed E-state index contributed by atoms with van der Waals surface area (Å²) in [6, 6.07) is 4.53. The standard InChI is InChI=1S/C13H13NO5/c1-3-8(12(16)18-2)11(15)7-4-5-10-9(6-7)14-13(17)19-10/h4-6,8H,3H2,1-2H3,(H,14,17). The molecule has 100 valence electrons. The number of hydrogen-bond donors (Lipinski definition) is 1. The van der Waals surface area contributed by atoms with Crippen LogP contribution >= 0.6 is 0 Å². The maximum atomic E-state index is 12.2. The third-order valence-corrected chi connectivity index (χ3v) is 2.91. The summed E-state index contributed by atoms with van der Waals surface area (Å²) in [7, 11) is 1.25. The molecule has 1 N–H and O–H groups in total. The van der Waals surface area contributed by atoms with Crippen molar-refractivity contribution in [2.75, 3.05) is 7.11 Å². The van der Waals surface area contributed by atoms with Crippen molar-refractivity contribution in [2.24, 2.45) is 5.92 Å². The number of aromatic amines is 1. The number of ether oxygens (including phenoxy) is 1. The molecule has 0 aliphatic heterocycles. The molecule has 0 fully saturated rings. The van der Waals surface area contributed by atoms with Crippen LogP contribution in [0.5, 0.6) is 0 Å². The van der Waals surface area contributed by atoms with E-state index in [-0.39, 0.29) is 5.78 Å². The molecule has 1 atom stereocenters. The highest BCUT2D eigenvalue weighted by Gasteiger charge is 2.26. The third-order valence-electron chi connectivity index (χ3n) is 2.91. The van der Waals surface area contributed by atoms with Crippen LogP contribution in [0.3, 0.4) is 0 Å². The fourth-order valence-electron chi connectivity index (χ4n) is 1.91. The Morgan fingerprint density at radius 1 is 1.42 bits per heavy atom. The van der Waals surface area contributed by atoms with Crippen molar-refractivity contribution in [1.82, 2.24) is 4.98 Å². The lowest BCUT2D eigenvalue weighted by atomic mass is 9.95. The molecule has 1 unspecified atom stereocenters.